The number of ether oxygens (including phenoxy) is 3. The average Bonchev–Trinajstić information content (AvgIpc) is 2.92. The molecule has 0 fully saturated rings. The van der Waals surface area contributed by atoms with Crippen LogP contribution in [0.4, 0.5) is 14.4 Å². The van der Waals surface area contributed by atoms with E-state index in [1.165, 1.54) is 0 Å². The molecular formula is C21H36N6O12. The lowest BCUT2D eigenvalue weighted by Gasteiger charge is -2.14. The van der Waals surface area contributed by atoms with Crippen molar-refractivity contribution in [2.45, 2.75) is 38.9 Å². The van der Waals surface area contributed by atoms with Crippen molar-refractivity contribution in [2.75, 3.05) is 59.3 Å². The van der Waals surface area contributed by atoms with Crippen LogP contribution in [0.25, 0.3) is 0 Å². The fourth-order valence-electron chi connectivity index (χ4n) is 3.05. The maximum Gasteiger partial charge on any atom is 0.407 e. The monoisotopic (exact) mass is 564 g/mol. The van der Waals surface area contributed by atoms with Crippen LogP contribution in [0.2, 0.25) is 0 Å². The van der Waals surface area contributed by atoms with E-state index in [9.17, 15) is 28.8 Å². The average molecular weight is 565 g/mol. The van der Waals surface area contributed by atoms with E-state index in [1.807, 2.05) is 0 Å². The molecule has 0 bridgehead atoms. The normalized spacial score (nSPS) is 10.5. The van der Waals surface area contributed by atoms with Crippen molar-refractivity contribution in [1.82, 2.24) is 29.7 Å². The Morgan fingerprint density at radius 3 is 1.03 bits per heavy atom. The van der Waals surface area contributed by atoms with Crippen LogP contribution in [0.15, 0.2) is 14.4 Å². The third-order valence-corrected chi connectivity index (χ3v) is 4.81. The Kier molecular flexibility index (Phi) is 16.3. The first-order chi connectivity index (χ1) is 18.8. The Labute approximate surface area is 222 Å². The van der Waals surface area contributed by atoms with Gasteiger partial charge in [-0.15, -0.1) is 0 Å². The Hall–Kier alpha value is -3.90. The van der Waals surface area contributed by atoms with E-state index in [4.69, 9.17) is 29.5 Å². The third-order valence-electron chi connectivity index (χ3n) is 4.81. The molecule has 39 heavy (non-hydrogen) atoms. The number of aliphatic hydroxyl groups is 3. The summed E-state index contributed by atoms with van der Waals surface area (Å²) in [6.45, 7) is -1.88. The molecule has 1 heterocycles. The van der Waals surface area contributed by atoms with Gasteiger partial charge >= 0.3 is 35.3 Å². The summed E-state index contributed by atoms with van der Waals surface area (Å²) in [6.07, 6.45) is -2.19. The third kappa shape index (κ3) is 12.5. The van der Waals surface area contributed by atoms with E-state index in [0.717, 1.165) is 13.7 Å². The molecule has 222 valence electrons. The van der Waals surface area contributed by atoms with E-state index in [1.54, 1.807) is 0 Å². The molecule has 18 nitrogen and oxygen atoms in total. The summed E-state index contributed by atoms with van der Waals surface area (Å²) in [4.78, 5) is 73.2. The molecule has 3 amide bonds. The summed E-state index contributed by atoms with van der Waals surface area (Å²) < 4.78 is 17.1. The lowest BCUT2D eigenvalue weighted by molar-refractivity contribution is 0.139. The quantitative estimate of drug-likeness (QED) is 0.0751. The van der Waals surface area contributed by atoms with E-state index in [2.05, 4.69) is 16.0 Å². The van der Waals surface area contributed by atoms with Crippen molar-refractivity contribution in [3.8, 4) is 0 Å². The lowest BCUT2D eigenvalue weighted by Crippen LogP contribution is -2.54. The van der Waals surface area contributed by atoms with E-state index in [-0.39, 0.29) is 98.2 Å². The van der Waals surface area contributed by atoms with Crippen molar-refractivity contribution in [2.24, 2.45) is 0 Å². The van der Waals surface area contributed by atoms with Gasteiger partial charge in [-0.1, -0.05) is 0 Å². The van der Waals surface area contributed by atoms with Crippen LogP contribution in [0.1, 0.15) is 19.3 Å². The van der Waals surface area contributed by atoms with Gasteiger partial charge in [0, 0.05) is 39.3 Å². The van der Waals surface area contributed by atoms with Gasteiger partial charge in [0.2, 0.25) is 0 Å². The topological polar surface area (TPSA) is 242 Å². The minimum Gasteiger partial charge on any atom is -0.449 e. The van der Waals surface area contributed by atoms with Gasteiger partial charge in [0.25, 0.3) is 0 Å². The highest BCUT2D eigenvalue weighted by Gasteiger charge is 2.16. The summed E-state index contributed by atoms with van der Waals surface area (Å²) >= 11 is 0. The van der Waals surface area contributed by atoms with Crippen molar-refractivity contribution >= 4 is 18.3 Å². The second kappa shape index (κ2) is 19.2. The Bertz CT molecular complexity index is 919. The van der Waals surface area contributed by atoms with Gasteiger partial charge in [-0.25, -0.2) is 42.5 Å². The van der Waals surface area contributed by atoms with Gasteiger partial charge < -0.3 is 45.5 Å². The number of aliphatic hydroxyl groups excluding tert-OH is 3. The summed E-state index contributed by atoms with van der Waals surface area (Å²) in [5, 5.41) is 32.9. The van der Waals surface area contributed by atoms with Gasteiger partial charge in [-0.2, -0.15) is 0 Å². The number of alkyl carbamates (subject to hydrolysis) is 3. The highest BCUT2D eigenvalue weighted by Crippen LogP contribution is 1.92. The molecule has 0 atom stereocenters. The number of carbonyl (C=O) groups excluding carboxylic acids is 3. The number of aromatic nitrogens is 3. The number of hydrogen-bond donors (Lipinski definition) is 6. The molecule has 0 aliphatic carbocycles. The molecule has 0 unspecified atom stereocenters. The van der Waals surface area contributed by atoms with Crippen LogP contribution < -0.4 is 33.0 Å². The van der Waals surface area contributed by atoms with Crippen LogP contribution in [-0.2, 0) is 33.8 Å². The van der Waals surface area contributed by atoms with E-state index in [0.29, 0.717) is 0 Å². The van der Waals surface area contributed by atoms with Crippen molar-refractivity contribution in [3.63, 3.8) is 0 Å². The first kappa shape index (κ1) is 33.1. The highest BCUT2D eigenvalue weighted by atomic mass is 16.6. The fraction of sp³-hybridized carbons (Fsp3) is 0.714. The van der Waals surface area contributed by atoms with Gasteiger partial charge in [0.1, 0.15) is 0 Å². The summed E-state index contributed by atoms with van der Waals surface area (Å²) in [5.41, 5.74) is -2.72. The number of hydrogen-bond acceptors (Lipinski definition) is 12. The number of amides is 3. The van der Waals surface area contributed by atoms with Crippen LogP contribution >= 0.6 is 0 Å². The van der Waals surface area contributed by atoms with Gasteiger partial charge in [0.15, 0.2) is 0 Å². The SMILES string of the molecule is O=C(NCCO)OCCCn1c(=O)n(CCCOC(=O)NCCO)c(=O)n(CCCOC(=O)NCCO)c1=O. The van der Waals surface area contributed by atoms with Crippen LogP contribution in [0.3, 0.4) is 0 Å². The molecule has 1 rings (SSSR count). The highest BCUT2D eigenvalue weighted by molar-refractivity contribution is 5.67. The smallest absolute Gasteiger partial charge is 0.407 e. The van der Waals surface area contributed by atoms with Gasteiger partial charge in [0.05, 0.1) is 39.6 Å². The number of nitrogens with zero attached hydrogens (tertiary/aromatic N) is 3. The predicted molar refractivity (Wildman–Crippen MR) is 132 cm³/mol. The number of carbonyl (C=O) groups is 3. The van der Waals surface area contributed by atoms with Crippen LogP contribution in [0, 0.1) is 0 Å². The van der Waals surface area contributed by atoms with Crippen LogP contribution in [0.5, 0.6) is 0 Å². The molecule has 1 aromatic heterocycles. The number of nitrogens with one attached hydrogen (secondary N) is 3. The minimum atomic E-state index is -0.907. The van der Waals surface area contributed by atoms with Crippen molar-refractivity contribution in [3.05, 3.63) is 31.5 Å². The van der Waals surface area contributed by atoms with Crippen LogP contribution in [-0.4, -0.2) is 107 Å². The molecule has 0 saturated carbocycles. The Morgan fingerprint density at radius 1 is 0.538 bits per heavy atom. The standard InChI is InChI=1S/C21H36N6O12/c28-10-4-22-16(31)37-13-1-7-25-19(34)26(8-2-14-38-17(32)23-5-11-29)21(36)27(20(25)35)9-3-15-39-18(33)24-6-12-30/h28-30H,1-15H2,(H,22,31)(H,23,32)(H,24,33). The maximum atomic E-state index is 12.9. The molecule has 6 N–H and O–H groups in total. The second-order valence-corrected chi connectivity index (χ2v) is 7.72. The van der Waals surface area contributed by atoms with Crippen molar-refractivity contribution < 1.29 is 43.9 Å². The first-order valence-electron chi connectivity index (χ1n) is 12.3. The number of rotatable bonds is 18. The molecule has 0 radical (unpaired) electrons. The molecule has 1 aromatic rings. The zero-order valence-electron chi connectivity index (χ0n) is 21.5. The van der Waals surface area contributed by atoms with Gasteiger partial charge in [-0.3, -0.25) is 0 Å². The molecular weight excluding hydrogens is 528 g/mol. The van der Waals surface area contributed by atoms with E-state index >= 15 is 0 Å². The van der Waals surface area contributed by atoms with Crippen molar-refractivity contribution in [1.29, 1.82) is 0 Å². The maximum absolute atomic E-state index is 12.9. The largest absolute Gasteiger partial charge is 0.449 e. The minimum absolute atomic E-state index is 0.00637. The summed E-state index contributed by atoms with van der Waals surface area (Å²) in [5.74, 6) is 0. The molecule has 0 aliphatic heterocycles. The zero-order chi connectivity index (χ0) is 29.0. The Balaban J connectivity index is 2.95. The zero-order valence-corrected chi connectivity index (χ0v) is 21.5. The molecule has 0 saturated heterocycles. The van der Waals surface area contributed by atoms with Gasteiger partial charge in [-0.05, 0) is 19.3 Å². The first-order valence-corrected chi connectivity index (χ1v) is 12.3. The van der Waals surface area contributed by atoms with E-state index < -0.39 is 35.3 Å². The molecule has 0 aromatic carbocycles. The lowest BCUT2D eigenvalue weighted by atomic mass is 10.4. The second-order valence-electron chi connectivity index (χ2n) is 7.72. The molecule has 0 spiro atoms. The summed E-state index contributed by atoms with van der Waals surface area (Å²) in [7, 11) is 0. The fourth-order valence-corrected chi connectivity index (χ4v) is 3.05. The predicted octanol–water partition coefficient (Wildman–Crippen LogP) is -3.50. The molecule has 0 aliphatic rings. The Morgan fingerprint density at radius 2 is 0.795 bits per heavy atom. The summed E-state index contributed by atoms with van der Waals surface area (Å²) in [6, 6.07) is 0. The molecule has 18 heteroatoms.